The van der Waals surface area contributed by atoms with Crippen LogP contribution in [0.25, 0.3) is 0 Å². The molecule has 19 heavy (non-hydrogen) atoms. The van der Waals surface area contributed by atoms with Crippen LogP contribution in [0.1, 0.15) is 0 Å². The van der Waals surface area contributed by atoms with Gasteiger partial charge in [0.05, 0.1) is 5.69 Å². The van der Waals surface area contributed by atoms with Gasteiger partial charge in [0.15, 0.2) is 6.19 Å². The van der Waals surface area contributed by atoms with Crippen molar-refractivity contribution in [2.24, 2.45) is 4.99 Å². The predicted molar refractivity (Wildman–Crippen MR) is 77.1 cm³/mol. The molecule has 0 aromatic heterocycles. The van der Waals surface area contributed by atoms with Crippen LogP contribution in [0, 0.1) is 11.5 Å². The number of guanidine groups is 1. The van der Waals surface area contributed by atoms with Crippen LogP contribution >= 0.6 is 0 Å². The number of para-hydroxylation sites is 2. The summed E-state index contributed by atoms with van der Waals surface area (Å²) >= 11 is 0. The second-order valence-electron chi connectivity index (χ2n) is 3.90. The molecule has 2 aromatic rings. The number of nitrogens with one attached hydrogen (secondary N) is 1. The smallest absolute Gasteiger partial charge is 0.216 e. The highest BCUT2D eigenvalue weighted by atomic mass is 15.3. The molecule has 0 saturated carbocycles. The molecule has 0 aliphatic carbocycles. The van der Waals surface area contributed by atoms with Gasteiger partial charge in [0.1, 0.15) is 0 Å². The third-order valence-electron chi connectivity index (χ3n) is 2.62. The quantitative estimate of drug-likeness (QED) is 0.386. The van der Waals surface area contributed by atoms with Crippen molar-refractivity contribution in [2.45, 2.75) is 0 Å². The lowest BCUT2D eigenvalue weighted by Gasteiger charge is -2.19. The molecule has 0 amide bonds. The highest BCUT2D eigenvalue weighted by Crippen LogP contribution is 2.15. The molecule has 4 heteroatoms. The van der Waals surface area contributed by atoms with E-state index in [1.54, 1.807) is 0 Å². The van der Waals surface area contributed by atoms with E-state index in [2.05, 4.69) is 10.3 Å². The molecule has 0 saturated heterocycles. The molecule has 0 aliphatic heterocycles. The predicted octanol–water partition coefficient (Wildman–Crippen LogP) is 2.88. The van der Waals surface area contributed by atoms with Gasteiger partial charge in [0.2, 0.25) is 5.96 Å². The van der Waals surface area contributed by atoms with Crippen molar-refractivity contribution >= 4 is 17.3 Å². The lowest BCUT2D eigenvalue weighted by Crippen LogP contribution is -2.36. The standard InChI is InChI=1S/C15H14N4/c1-19(14-10-6-3-7-11-14)15(17-12-16)18-13-8-4-2-5-9-13/h2-11H,1H3,(H,17,18). The number of aliphatic imine (C=N–C) groups is 1. The summed E-state index contributed by atoms with van der Waals surface area (Å²) in [6.07, 6.45) is 1.92. The van der Waals surface area contributed by atoms with Crippen molar-refractivity contribution < 1.29 is 0 Å². The largest absolute Gasteiger partial charge is 0.315 e. The third kappa shape index (κ3) is 3.33. The number of hydrogen-bond donors (Lipinski definition) is 1. The molecule has 0 heterocycles. The number of hydrogen-bond acceptors (Lipinski definition) is 2. The van der Waals surface area contributed by atoms with Crippen LogP contribution < -0.4 is 10.2 Å². The van der Waals surface area contributed by atoms with E-state index in [4.69, 9.17) is 5.26 Å². The van der Waals surface area contributed by atoms with E-state index < -0.39 is 0 Å². The first-order valence-electron chi connectivity index (χ1n) is 5.89. The first-order chi connectivity index (χ1) is 9.31. The van der Waals surface area contributed by atoms with Gasteiger partial charge >= 0.3 is 0 Å². The minimum absolute atomic E-state index is 0.486. The zero-order valence-electron chi connectivity index (χ0n) is 10.6. The SMILES string of the molecule is CN(C(=Nc1ccccc1)NC#N)c1ccccc1. The zero-order valence-corrected chi connectivity index (χ0v) is 10.6. The molecule has 0 spiro atoms. The maximum absolute atomic E-state index is 8.84. The molecule has 94 valence electrons. The van der Waals surface area contributed by atoms with E-state index >= 15 is 0 Å². The topological polar surface area (TPSA) is 51.4 Å². The van der Waals surface area contributed by atoms with Gasteiger partial charge in [-0.25, -0.2) is 4.99 Å². The second kappa shape index (κ2) is 6.22. The maximum atomic E-state index is 8.84. The Hall–Kier alpha value is -2.80. The fraction of sp³-hybridized carbons (Fsp3) is 0.0667. The van der Waals surface area contributed by atoms with E-state index in [1.807, 2.05) is 78.8 Å². The number of rotatable bonds is 2. The van der Waals surface area contributed by atoms with Crippen molar-refractivity contribution in [2.75, 3.05) is 11.9 Å². The Morgan fingerprint density at radius 2 is 1.63 bits per heavy atom. The molecule has 0 unspecified atom stereocenters. The summed E-state index contributed by atoms with van der Waals surface area (Å²) in [5.74, 6) is 0.486. The van der Waals surface area contributed by atoms with Crippen LogP contribution in [0.15, 0.2) is 65.7 Å². The lowest BCUT2D eigenvalue weighted by molar-refractivity contribution is 1.13. The van der Waals surface area contributed by atoms with Crippen LogP contribution in [0.2, 0.25) is 0 Å². The Balaban J connectivity index is 2.31. The van der Waals surface area contributed by atoms with Gasteiger partial charge in [-0.3, -0.25) is 5.32 Å². The molecule has 0 bridgehead atoms. The first kappa shape index (κ1) is 12.7. The minimum Gasteiger partial charge on any atom is -0.315 e. The van der Waals surface area contributed by atoms with Gasteiger partial charge in [-0.15, -0.1) is 0 Å². The maximum Gasteiger partial charge on any atom is 0.216 e. The summed E-state index contributed by atoms with van der Waals surface area (Å²) in [4.78, 5) is 6.26. The Kier molecular flexibility index (Phi) is 4.14. The van der Waals surface area contributed by atoms with E-state index in [9.17, 15) is 0 Å². The molecule has 0 atom stereocenters. The molecule has 1 N–H and O–H groups in total. The molecular formula is C15H14N4. The van der Waals surface area contributed by atoms with Gasteiger partial charge < -0.3 is 4.90 Å². The highest BCUT2D eigenvalue weighted by Gasteiger charge is 2.08. The molecule has 4 nitrogen and oxygen atoms in total. The summed E-state index contributed by atoms with van der Waals surface area (Å²) in [6, 6.07) is 19.3. The van der Waals surface area contributed by atoms with Crippen LogP contribution in [-0.2, 0) is 0 Å². The number of nitriles is 1. The lowest BCUT2D eigenvalue weighted by atomic mass is 10.3. The fourth-order valence-corrected chi connectivity index (χ4v) is 1.64. The van der Waals surface area contributed by atoms with Crippen LogP contribution in [-0.4, -0.2) is 13.0 Å². The number of anilines is 1. The number of nitrogens with zero attached hydrogens (tertiary/aromatic N) is 3. The summed E-state index contributed by atoms with van der Waals surface area (Å²) in [6.45, 7) is 0. The Morgan fingerprint density at radius 1 is 1.05 bits per heavy atom. The summed E-state index contributed by atoms with van der Waals surface area (Å²) in [7, 11) is 1.86. The van der Waals surface area contributed by atoms with Crippen molar-refractivity contribution in [3.8, 4) is 6.19 Å². The van der Waals surface area contributed by atoms with Gasteiger partial charge in [-0.2, -0.15) is 5.26 Å². The van der Waals surface area contributed by atoms with Crippen molar-refractivity contribution in [3.63, 3.8) is 0 Å². The number of benzene rings is 2. The van der Waals surface area contributed by atoms with Crippen molar-refractivity contribution in [1.29, 1.82) is 5.26 Å². The van der Waals surface area contributed by atoms with Crippen molar-refractivity contribution in [3.05, 3.63) is 60.7 Å². The van der Waals surface area contributed by atoms with Gasteiger partial charge in [0.25, 0.3) is 0 Å². The highest BCUT2D eigenvalue weighted by molar-refractivity contribution is 5.97. The van der Waals surface area contributed by atoms with E-state index in [-0.39, 0.29) is 0 Å². The fourth-order valence-electron chi connectivity index (χ4n) is 1.64. The average molecular weight is 250 g/mol. The van der Waals surface area contributed by atoms with Crippen LogP contribution in [0.4, 0.5) is 11.4 Å². The van der Waals surface area contributed by atoms with Gasteiger partial charge in [-0.05, 0) is 24.3 Å². The van der Waals surface area contributed by atoms with Gasteiger partial charge in [-0.1, -0.05) is 36.4 Å². The Labute approximate surface area is 112 Å². The third-order valence-corrected chi connectivity index (χ3v) is 2.62. The molecule has 2 aromatic carbocycles. The molecular weight excluding hydrogens is 236 g/mol. The first-order valence-corrected chi connectivity index (χ1v) is 5.89. The van der Waals surface area contributed by atoms with Crippen molar-refractivity contribution in [1.82, 2.24) is 5.32 Å². The average Bonchev–Trinajstić information content (AvgIpc) is 2.48. The van der Waals surface area contributed by atoms with E-state index in [1.165, 1.54) is 0 Å². The monoisotopic (exact) mass is 250 g/mol. The summed E-state index contributed by atoms with van der Waals surface area (Å²) in [5.41, 5.74) is 1.75. The molecule has 0 radical (unpaired) electrons. The second-order valence-corrected chi connectivity index (χ2v) is 3.90. The normalized spacial score (nSPS) is 10.6. The summed E-state index contributed by atoms with van der Waals surface area (Å²) in [5, 5.41) is 11.5. The van der Waals surface area contributed by atoms with E-state index in [0.717, 1.165) is 11.4 Å². The molecule has 0 aliphatic rings. The molecule has 2 rings (SSSR count). The Bertz CT molecular complexity index is 585. The molecule has 0 fully saturated rings. The Morgan fingerprint density at radius 3 is 2.21 bits per heavy atom. The minimum atomic E-state index is 0.486. The summed E-state index contributed by atoms with van der Waals surface area (Å²) < 4.78 is 0. The zero-order chi connectivity index (χ0) is 13.5. The van der Waals surface area contributed by atoms with Gasteiger partial charge in [0, 0.05) is 12.7 Å². The van der Waals surface area contributed by atoms with E-state index in [0.29, 0.717) is 5.96 Å². The van der Waals surface area contributed by atoms with Crippen LogP contribution in [0.3, 0.4) is 0 Å². The van der Waals surface area contributed by atoms with Crippen LogP contribution in [0.5, 0.6) is 0 Å².